The van der Waals surface area contributed by atoms with Crippen molar-refractivity contribution in [1.82, 2.24) is 19.3 Å². The maximum atomic E-state index is 5.72. The number of nitrogens with zero attached hydrogens (tertiary/aromatic N) is 4. The second-order valence-corrected chi connectivity index (χ2v) is 7.22. The highest BCUT2D eigenvalue weighted by molar-refractivity contribution is 7.71. The van der Waals surface area contributed by atoms with Gasteiger partial charge in [0.25, 0.3) is 0 Å². The van der Waals surface area contributed by atoms with Gasteiger partial charge in [0, 0.05) is 30.6 Å². The van der Waals surface area contributed by atoms with Crippen LogP contribution in [0.25, 0.3) is 11.4 Å². The highest BCUT2D eigenvalue weighted by Crippen LogP contribution is 2.17. The average Bonchev–Trinajstić information content (AvgIpc) is 3.04. The van der Waals surface area contributed by atoms with E-state index in [2.05, 4.69) is 24.2 Å². The average molecular weight is 415 g/mol. The number of aromatic nitrogens is 4. The molecule has 8 heteroatoms. The number of benzene rings is 1. The van der Waals surface area contributed by atoms with Crippen molar-refractivity contribution in [3.63, 3.8) is 0 Å². The molecule has 0 aliphatic rings. The van der Waals surface area contributed by atoms with Crippen LogP contribution in [0.1, 0.15) is 12.5 Å². The molecule has 0 spiro atoms. The molecule has 1 N–H and O–H groups in total. The molecule has 0 aliphatic heterocycles. The molecule has 154 valence electrons. The summed E-state index contributed by atoms with van der Waals surface area (Å²) in [5.41, 5.74) is 2.23. The zero-order valence-corrected chi connectivity index (χ0v) is 18.0. The zero-order valence-electron chi connectivity index (χ0n) is 17.2. The lowest BCUT2D eigenvalue weighted by molar-refractivity contribution is -0.917. The second-order valence-electron chi connectivity index (χ2n) is 6.86. The molecule has 0 radical (unpaired) electrons. The van der Waals surface area contributed by atoms with Gasteiger partial charge in [0.15, 0.2) is 12.5 Å². The summed E-state index contributed by atoms with van der Waals surface area (Å²) in [5.74, 6) is 1.73. The Labute approximate surface area is 176 Å². The van der Waals surface area contributed by atoms with Crippen LogP contribution in [-0.2, 0) is 24.5 Å². The largest absolute Gasteiger partial charge is 0.494 e. The van der Waals surface area contributed by atoms with E-state index in [9.17, 15) is 0 Å². The normalized spacial score (nSPS) is 12.1. The molecular formula is C21H28N5O2S+. The van der Waals surface area contributed by atoms with Crippen molar-refractivity contribution < 1.29 is 14.4 Å². The Hall–Kier alpha value is -2.55. The summed E-state index contributed by atoms with van der Waals surface area (Å²) in [7, 11) is 3.83. The molecular weight excluding hydrogens is 386 g/mol. The van der Waals surface area contributed by atoms with Crippen molar-refractivity contribution in [2.75, 3.05) is 27.4 Å². The maximum Gasteiger partial charge on any atom is 0.203 e. The van der Waals surface area contributed by atoms with E-state index in [0.29, 0.717) is 31.2 Å². The smallest absolute Gasteiger partial charge is 0.203 e. The fourth-order valence-electron chi connectivity index (χ4n) is 3.17. The third kappa shape index (κ3) is 5.50. The Morgan fingerprint density at radius 3 is 2.48 bits per heavy atom. The summed E-state index contributed by atoms with van der Waals surface area (Å²) < 4.78 is 15.4. The van der Waals surface area contributed by atoms with E-state index in [-0.39, 0.29) is 0 Å². The van der Waals surface area contributed by atoms with Gasteiger partial charge in [-0.2, -0.15) is 4.68 Å². The van der Waals surface area contributed by atoms with Crippen LogP contribution in [0.4, 0.5) is 0 Å². The molecule has 1 aromatic carbocycles. The van der Waals surface area contributed by atoms with Gasteiger partial charge in [0.2, 0.25) is 4.77 Å². The molecule has 7 nitrogen and oxygen atoms in total. The quantitative estimate of drug-likeness (QED) is 0.516. The zero-order chi connectivity index (χ0) is 20.6. The van der Waals surface area contributed by atoms with Crippen molar-refractivity contribution in [2.45, 2.75) is 26.7 Å². The number of nitrogens with one attached hydrogen (secondary N) is 1. The first-order chi connectivity index (χ1) is 14.1. The number of hydrogen-bond donors (Lipinski definition) is 1. The lowest BCUT2D eigenvalue weighted by atomic mass is 10.2. The van der Waals surface area contributed by atoms with Crippen LogP contribution >= 0.6 is 12.2 Å². The molecule has 2 heterocycles. The maximum absolute atomic E-state index is 5.72. The topological polar surface area (TPSA) is 58.5 Å². The van der Waals surface area contributed by atoms with E-state index in [1.54, 1.807) is 19.5 Å². The summed E-state index contributed by atoms with van der Waals surface area (Å²) in [6, 6.07) is 12.1. The molecule has 1 atom stereocenters. The summed E-state index contributed by atoms with van der Waals surface area (Å²) in [5, 5.41) is 4.80. The highest BCUT2D eigenvalue weighted by atomic mass is 32.1. The minimum Gasteiger partial charge on any atom is -0.494 e. The van der Waals surface area contributed by atoms with E-state index < -0.39 is 0 Å². The van der Waals surface area contributed by atoms with Crippen molar-refractivity contribution in [3.05, 3.63) is 59.1 Å². The van der Waals surface area contributed by atoms with Gasteiger partial charge in [-0.3, -0.25) is 9.55 Å². The van der Waals surface area contributed by atoms with Gasteiger partial charge < -0.3 is 14.4 Å². The molecule has 2 aromatic heterocycles. The number of methoxy groups -OCH3 is 1. The van der Waals surface area contributed by atoms with Gasteiger partial charge >= 0.3 is 0 Å². The second kappa shape index (κ2) is 10.3. The summed E-state index contributed by atoms with van der Waals surface area (Å²) in [4.78, 5) is 5.38. The van der Waals surface area contributed by atoms with Crippen LogP contribution in [0.5, 0.6) is 5.75 Å². The van der Waals surface area contributed by atoms with Gasteiger partial charge in [-0.1, -0.05) is 0 Å². The van der Waals surface area contributed by atoms with Crippen LogP contribution in [0, 0.1) is 4.77 Å². The van der Waals surface area contributed by atoms with Crippen LogP contribution in [-0.4, -0.2) is 46.7 Å². The number of quaternary nitrogens is 1. The predicted molar refractivity (Wildman–Crippen MR) is 114 cm³/mol. The standard InChI is InChI=1S/C21H27N5O2S/c1-4-28-19-7-5-17(6-8-19)15-24(2)16-26-21(29)25(13-14-27-3)20(23-26)18-9-11-22-12-10-18/h5-12H,4,13-16H2,1-3H3/p+1. The molecule has 0 fully saturated rings. The van der Waals surface area contributed by atoms with Gasteiger partial charge in [-0.05, 0) is 55.5 Å². The third-order valence-electron chi connectivity index (χ3n) is 4.54. The van der Waals surface area contributed by atoms with Crippen LogP contribution in [0.15, 0.2) is 48.8 Å². The van der Waals surface area contributed by atoms with Gasteiger partial charge in [-0.15, -0.1) is 5.10 Å². The number of ether oxygens (including phenoxy) is 2. The van der Waals surface area contributed by atoms with E-state index in [0.717, 1.165) is 23.7 Å². The number of hydrogen-bond acceptors (Lipinski definition) is 5. The highest BCUT2D eigenvalue weighted by Gasteiger charge is 2.15. The van der Waals surface area contributed by atoms with Gasteiger partial charge in [0.1, 0.15) is 12.3 Å². The van der Waals surface area contributed by atoms with Crippen molar-refractivity contribution in [1.29, 1.82) is 0 Å². The van der Waals surface area contributed by atoms with Crippen molar-refractivity contribution in [3.8, 4) is 17.1 Å². The first-order valence-corrected chi connectivity index (χ1v) is 10.1. The molecule has 0 aliphatic carbocycles. The minimum atomic E-state index is 0.576. The van der Waals surface area contributed by atoms with Crippen LogP contribution in [0.2, 0.25) is 0 Å². The fraction of sp³-hybridized carbons (Fsp3) is 0.381. The minimum absolute atomic E-state index is 0.576. The molecule has 3 rings (SSSR count). The Morgan fingerprint density at radius 2 is 1.83 bits per heavy atom. The summed E-state index contributed by atoms with van der Waals surface area (Å²) in [6.07, 6.45) is 3.53. The van der Waals surface area contributed by atoms with Crippen LogP contribution in [0.3, 0.4) is 0 Å². The summed E-state index contributed by atoms with van der Waals surface area (Å²) >= 11 is 5.72. The number of pyridine rings is 1. The van der Waals surface area contributed by atoms with Crippen LogP contribution < -0.4 is 9.64 Å². The molecule has 29 heavy (non-hydrogen) atoms. The Bertz CT molecular complexity index is 953. The number of rotatable bonds is 10. The third-order valence-corrected chi connectivity index (χ3v) is 4.97. The predicted octanol–water partition coefficient (Wildman–Crippen LogP) is 2.19. The lowest BCUT2D eigenvalue weighted by Crippen LogP contribution is -3.07. The molecule has 0 saturated heterocycles. The van der Waals surface area contributed by atoms with Crippen molar-refractivity contribution >= 4 is 12.2 Å². The molecule has 0 bridgehead atoms. The van der Waals surface area contributed by atoms with Gasteiger partial charge in [0.05, 0.1) is 26.8 Å². The first kappa shape index (κ1) is 21.2. The lowest BCUT2D eigenvalue weighted by Gasteiger charge is -2.14. The van der Waals surface area contributed by atoms with E-state index >= 15 is 0 Å². The summed E-state index contributed by atoms with van der Waals surface area (Å²) in [6.45, 7) is 5.43. The Kier molecular flexibility index (Phi) is 7.51. The molecule has 3 aromatic rings. The van der Waals surface area contributed by atoms with E-state index in [1.165, 1.54) is 10.5 Å². The monoisotopic (exact) mass is 414 g/mol. The molecule has 0 amide bonds. The SMILES string of the molecule is CCOc1ccc(C[NH+](C)Cn2nc(-c3ccncc3)n(CCOC)c2=S)cc1. The first-order valence-electron chi connectivity index (χ1n) is 9.72. The van der Waals surface area contributed by atoms with E-state index in [1.807, 2.05) is 40.4 Å². The Balaban J connectivity index is 1.77. The van der Waals surface area contributed by atoms with Crippen molar-refractivity contribution in [2.24, 2.45) is 0 Å². The Morgan fingerprint density at radius 1 is 1.10 bits per heavy atom. The van der Waals surface area contributed by atoms with Gasteiger partial charge in [-0.25, -0.2) is 0 Å². The fourth-order valence-corrected chi connectivity index (χ4v) is 3.46. The van der Waals surface area contributed by atoms with E-state index in [4.69, 9.17) is 26.8 Å². The molecule has 0 saturated carbocycles. The molecule has 1 unspecified atom stereocenters.